The molecule has 0 saturated heterocycles. The number of allylic oxidation sites excluding steroid dienone is 1. The second-order valence-electron chi connectivity index (χ2n) is 33.0. The van der Waals surface area contributed by atoms with Gasteiger partial charge in [-0.15, -0.1) is 0 Å². The number of ether oxygens (including phenoxy) is 1. The van der Waals surface area contributed by atoms with Crippen molar-refractivity contribution in [2.75, 3.05) is 52.5 Å². The Bertz CT molecular complexity index is 5090. The fourth-order valence-corrected chi connectivity index (χ4v) is 14.9. The Morgan fingerprint density at radius 2 is 1.01 bits per heavy atom. The number of unbranched alkanes of at least 4 members (excludes halogenated alkanes) is 2. The largest absolute Gasteiger partial charge is 0.508 e. The van der Waals surface area contributed by atoms with E-state index in [1.807, 2.05) is 0 Å². The van der Waals surface area contributed by atoms with E-state index in [-0.39, 0.29) is 128 Å². The third-order valence-corrected chi connectivity index (χ3v) is 22.2. The number of nitrogens with one attached hydrogen (secondary N) is 20. The van der Waals surface area contributed by atoms with Gasteiger partial charge < -0.3 is 144 Å². The van der Waals surface area contributed by atoms with Crippen LogP contribution in [0, 0.1) is 10.8 Å². The van der Waals surface area contributed by atoms with Gasteiger partial charge in [-0.25, -0.2) is 0 Å². The number of aromatic amines is 2. The molecule has 6 aromatic rings. The number of phenolic OH excluding ortho intramolecular Hbond substituents is 1. The first-order valence-corrected chi connectivity index (χ1v) is 45.2. The van der Waals surface area contributed by atoms with E-state index in [1.165, 1.54) is 37.3 Å². The highest BCUT2D eigenvalue weighted by Gasteiger charge is 2.39. The quantitative estimate of drug-likeness (QED) is 0.00744. The number of nitrogens with two attached hydrogens (primary N) is 6. The molecule has 136 heavy (non-hydrogen) atoms. The number of carbonyl (C=O) groups excluding carboxylic acids is 16. The Morgan fingerprint density at radius 1 is 0.500 bits per heavy atom. The molecule has 1 aliphatic rings. The van der Waals surface area contributed by atoms with Crippen molar-refractivity contribution in [2.45, 2.75) is 221 Å². The van der Waals surface area contributed by atoms with Crippen molar-refractivity contribution in [1.82, 2.24) is 95.0 Å². The molecule has 0 aliphatic carbocycles. The average Bonchev–Trinajstić information content (AvgIpc) is 1.56. The van der Waals surface area contributed by atoms with Crippen LogP contribution >= 0.6 is 0 Å². The molecule has 45 heteroatoms. The van der Waals surface area contributed by atoms with Crippen LogP contribution in [0.1, 0.15) is 139 Å². The highest BCUT2D eigenvalue weighted by atomic mass is 16.5. The predicted octanol–water partition coefficient (Wildman–Crippen LogP) is -4.24. The number of benzene rings is 4. The van der Waals surface area contributed by atoms with Crippen LogP contribution in [0.2, 0.25) is 0 Å². The molecule has 34 N–H and O–H groups in total. The number of hydrogen-bond donors (Lipinski definition) is 28. The molecule has 7 rings (SSSR count). The van der Waals surface area contributed by atoms with Crippen molar-refractivity contribution in [3.63, 3.8) is 0 Å². The van der Waals surface area contributed by atoms with Crippen LogP contribution in [0.25, 0.3) is 21.8 Å². The zero-order valence-electron chi connectivity index (χ0n) is 76.2. The van der Waals surface area contributed by atoms with Crippen molar-refractivity contribution in [2.24, 2.45) is 34.4 Å². The van der Waals surface area contributed by atoms with Crippen LogP contribution in [-0.2, 0) is 107 Å². The molecule has 1 aliphatic heterocycles. The Morgan fingerprint density at radius 3 is 1.61 bits per heavy atom. The van der Waals surface area contributed by atoms with Gasteiger partial charge in [0.15, 0.2) is 11.9 Å². The SMILES string of the molecule is CC(=O)NC1C/C=C\CCCC(C(=O)N[C@@H](Cc2ccc(O)cc2)C(=O)N[C@@H](Cc2c[nH]c3ccccc23)C(=O)N[C@@H](CCCNC(=N)N)C(=O)N[C@@H](CCCCN)C(=O)N[C@@H](Cc2ccccc2)C(=O)NCC(=O)NCCOCC(=O)N[C@H](CCCCN)C(N)=O)NC(=O)[C@H](CCC(N)=O)NC(=O)[C@H](Cc2c[nH]c3ccccc23)NC(=O)[C@H]([C@@H](C)O)NC(=O)[C@H](CCCNC(=N)N)NC1=O. The molecule has 0 bridgehead atoms. The van der Waals surface area contributed by atoms with E-state index in [9.17, 15) is 58.2 Å². The third-order valence-electron chi connectivity index (χ3n) is 22.2. The maximum atomic E-state index is 15.7. The summed E-state index contributed by atoms with van der Waals surface area (Å²) in [5, 5.41) is 80.8. The average molecular weight is 1890 g/mol. The number of primary amides is 2. The van der Waals surface area contributed by atoms with Gasteiger partial charge in [-0.3, -0.25) is 87.5 Å². The van der Waals surface area contributed by atoms with E-state index in [1.54, 1.807) is 97.3 Å². The number of phenols is 1. The highest BCUT2D eigenvalue weighted by molar-refractivity contribution is 6.01. The number of aliphatic hydroxyl groups excluding tert-OH is 1. The second-order valence-corrected chi connectivity index (χ2v) is 33.0. The number of aromatic nitrogens is 2. The Labute approximate surface area is 785 Å². The number of fused-ring (bicyclic) bond motifs is 2. The van der Waals surface area contributed by atoms with Crippen LogP contribution in [0.3, 0.4) is 0 Å². The van der Waals surface area contributed by atoms with Crippen LogP contribution < -0.4 is 119 Å². The number of H-pyrrole nitrogens is 2. The van der Waals surface area contributed by atoms with Crippen molar-refractivity contribution >= 4 is 128 Å². The molecule has 4 aromatic carbocycles. The normalized spacial score (nSPS) is 18.1. The number of aromatic hydroxyl groups is 1. The fourth-order valence-electron chi connectivity index (χ4n) is 14.9. The molecule has 2 aromatic heterocycles. The number of carbonyl (C=O) groups is 16. The van der Waals surface area contributed by atoms with Gasteiger partial charge >= 0.3 is 0 Å². The number of aliphatic hydroxyl groups is 1. The number of rotatable bonds is 49. The van der Waals surface area contributed by atoms with Gasteiger partial charge in [0, 0.05) is 92.9 Å². The summed E-state index contributed by atoms with van der Waals surface area (Å²) in [7, 11) is 0. The standard InChI is InChI=1S/C91H130N26O19/c1-52(118)77-89(135)116-73(47-57-49-104-62-25-13-11-23-60(57)62)88(134)112-69(36-37-74(94)121)84(130)109-65(28-9-4-3-8-27-64(106-53(2)119)80(126)110-68(85(131)117-77)31-19-41-102-91(98)99)83(129)114-71(45-55-32-34-58(120)35-33-55)86(132)115-72(46-56-48-103-61-24-12-10-22-59(56)61)87(133)111-67(30-18-40-101-90(96)97)81(127)108-66(29-15-17-39-93)82(128)113-70(44-54-20-6-5-7-21-54)79(125)105-50-75(122)100-42-43-136-51-76(123)107-63(78(95)124)26-14-16-38-92/h3,5-8,10-13,20-25,32-35,48-49,52,63-73,77,103-104,118,120H,4,9,14-19,26-31,36-47,50-51,92-93H2,1-2H3,(H2,94,121)(H2,95,124)(H,100,122)(H,105,125)(H,106,119)(H,107,123)(H,108,127)(H,109,130)(H,110,126)(H,111,133)(H,112,134)(H,113,128)(H,114,129)(H,115,132)(H,116,135)(H,117,131)(H4,96,97,101)(H4,98,99,102)/b8-3-/t52-,63-,64?,65?,66+,67+,68+,69+,70+,71+,72+,73+,77+/m1/s1. The van der Waals surface area contributed by atoms with Crippen LogP contribution in [0.5, 0.6) is 5.75 Å². The van der Waals surface area contributed by atoms with Gasteiger partial charge in [0.05, 0.1) is 19.3 Å². The third kappa shape index (κ3) is 37.8. The Balaban J connectivity index is 1.21. The van der Waals surface area contributed by atoms with E-state index < -0.39 is 217 Å². The number of hydrogen-bond acceptors (Lipinski definition) is 23. The summed E-state index contributed by atoms with van der Waals surface area (Å²) in [5.74, 6) is -15.4. The summed E-state index contributed by atoms with van der Waals surface area (Å²) in [6.07, 6.45) is 3.70. The lowest BCUT2D eigenvalue weighted by molar-refractivity contribution is -0.137. The van der Waals surface area contributed by atoms with Gasteiger partial charge in [0.25, 0.3) is 0 Å². The Kier molecular flexibility index (Phi) is 45.5. The van der Waals surface area contributed by atoms with E-state index in [0.717, 1.165) is 6.92 Å². The van der Waals surface area contributed by atoms with Gasteiger partial charge in [-0.1, -0.05) is 91.0 Å². The molecule has 3 heterocycles. The topological polar surface area (TPSA) is 751 Å². The first kappa shape index (κ1) is 108. The van der Waals surface area contributed by atoms with Crippen molar-refractivity contribution in [3.8, 4) is 5.75 Å². The lowest BCUT2D eigenvalue weighted by Gasteiger charge is -2.29. The molecule has 13 atom stereocenters. The Hall–Kier alpha value is -14.6. The molecule has 0 radical (unpaired) electrons. The minimum Gasteiger partial charge on any atom is -0.508 e. The molecular weight excluding hydrogens is 1760 g/mol. The number of guanidine groups is 2. The smallest absolute Gasteiger partial charge is 0.246 e. The maximum absolute atomic E-state index is 15.7. The van der Waals surface area contributed by atoms with Crippen LogP contribution in [0.15, 0.2) is 128 Å². The summed E-state index contributed by atoms with van der Waals surface area (Å²) >= 11 is 0. The maximum Gasteiger partial charge on any atom is 0.246 e. The molecule has 2 unspecified atom stereocenters. The number of amides is 16. The molecule has 0 spiro atoms. The highest BCUT2D eigenvalue weighted by Crippen LogP contribution is 2.23. The van der Waals surface area contributed by atoms with E-state index in [4.69, 9.17) is 50.0 Å². The van der Waals surface area contributed by atoms with E-state index >= 15 is 28.8 Å². The minimum absolute atomic E-state index is 0.0184. The molecule has 45 nitrogen and oxygen atoms in total. The summed E-state index contributed by atoms with van der Waals surface area (Å²) in [4.78, 5) is 234. The van der Waals surface area contributed by atoms with Crippen LogP contribution in [0.4, 0.5) is 0 Å². The van der Waals surface area contributed by atoms with Gasteiger partial charge in [-0.2, -0.15) is 0 Å². The van der Waals surface area contributed by atoms with Gasteiger partial charge in [-0.05, 0) is 163 Å². The van der Waals surface area contributed by atoms with Gasteiger partial charge in [0.1, 0.15) is 84.9 Å². The minimum atomic E-state index is -1.86. The second kappa shape index (κ2) is 57.1. The summed E-state index contributed by atoms with van der Waals surface area (Å²) in [5.41, 5.74) is 36.9. The fraction of sp³-hybridized carbons (Fsp3) is 0.473. The van der Waals surface area contributed by atoms with Crippen molar-refractivity contribution in [1.29, 1.82) is 10.8 Å². The first-order valence-electron chi connectivity index (χ1n) is 45.2. The van der Waals surface area contributed by atoms with Crippen molar-refractivity contribution in [3.05, 3.63) is 150 Å². The summed E-state index contributed by atoms with van der Waals surface area (Å²) in [6, 6.07) is 9.46. The summed E-state index contributed by atoms with van der Waals surface area (Å²) < 4.78 is 5.38. The predicted molar refractivity (Wildman–Crippen MR) is 503 cm³/mol. The lowest BCUT2D eigenvalue weighted by atomic mass is 10.00. The molecule has 16 amide bonds. The van der Waals surface area contributed by atoms with Crippen molar-refractivity contribution < 1.29 is 91.7 Å². The number of para-hydroxylation sites is 2. The zero-order valence-corrected chi connectivity index (χ0v) is 76.2. The summed E-state index contributed by atoms with van der Waals surface area (Å²) in [6.45, 7) is 1.59. The monoisotopic (exact) mass is 1890 g/mol. The van der Waals surface area contributed by atoms with E-state index in [0.29, 0.717) is 69.9 Å². The molecule has 0 saturated carbocycles. The molecular formula is C91H130N26O19. The zero-order chi connectivity index (χ0) is 99.2. The lowest BCUT2D eigenvalue weighted by Crippen LogP contribution is -2.62. The van der Waals surface area contributed by atoms with Gasteiger partial charge in [0.2, 0.25) is 94.5 Å². The first-order chi connectivity index (χ1) is 65.1. The van der Waals surface area contributed by atoms with E-state index in [2.05, 4.69) is 95.0 Å². The van der Waals surface area contributed by atoms with Crippen LogP contribution in [-0.4, -0.2) is 258 Å². The molecule has 0 fully saturated rings. The molecule has 738 valence electrons.